The number of halogens is 2. The van der Waals surface area contributed by atoms with E-state index in [4.69, 9.17) is 0 Å². The molecule has 1 aromatic carbocycles. The Labute approximate surface area is 106 Å². The molecule has 2 rings (SSSR count). The van der Waals surface area contributed by atoms with Gasteiger partial charge in [-0.3, -0.25) is 4.79 Å². The van der Waals surface area contributed by atoms with E-state index in [1.807, 2.05) is 6.92 Å². The maximum Gasteiger partial charge on any atom is 0.251 e. The molecular weight excluding hydrogens is 258 g/mol. The van der Waals surface area contributed by atoms with Crippen LogP contribution >= 0.6 is 11.3 Å². The monoisotopic (exact) mass is 268 g/mol. The quantitative estimate of drug-likeness (QED) is 0.929. The number of amides is 1. The van der Waals surface area contributed by atoms with Crippen molar-refractivity contribution in [2.24, 2.45) is 0 Å². The maximum atomic E-state index is 12.9. The molecule has 0 spiro atoms. The number of aryl methyl sites for hydroxylation is 1. The van der Waals surface area contributed by atoms with E-state index in [1.54, 1.807) is 6.20 Å². The molecule has 0 aliphatic heterocycles. The zero-order valence-corrected chi connectivity index (χ0v) is 10.4. The zero-order chi connectivity index (χ0) is 13.1. The first-order chi connectivity index (χ1) is 8.56. The molecule has 0 saturated carbocycles. The highest BCUT2D eigenvalue weighted by Crippen LogP contribution is 2.12. The lowest BCUT2D eigenvalue weighted by molar-refractivity contribution is 0.0950. The maximum absolute atomic E-state index is 12.9. The van der Waals surface area contributed by atoms with Gasteiger partial charge in [-0.2, -0.15) is 0 Å². The highest BCUT2D eigenvalue weighted by Gasteiger charge is 2.10. The summed E-state index contributed by atoms with van der Waals surface area (Å²) in [5, 5.41) is 3.36. The van der Waals surface area contributed by atoms with Gasteiger partial charge >= 0.3 is 0 Å². The lowest BCUT2D eigenvalue weighted by atomic mass is 10.2. The number of hydrogen-bond donors (Lipinski definition) is 1. The molecule has 1 aromatic heterocycles. The summed E-state index contributed by atoms with van der Waals surface area (Å²) in [6.07, 6.45) is 1.71. The van der Waals surface area contributed by atoms with Crippen LogP contribution in [-0.2, 0) is 6.54 Å². The molecule has 0 bridgehead atoms. The molecule has 0 aliphatic rings. The predicted octanol–water partition coefficient (Wildman–Crippen LogP) is 2.66. The van der Waals surface area contributed by atoms with Crippen molar-refractivity contribution in [3.05, 3.63) is 51.5 Å². The van der Waals surface area contributed by atoms with Crippen LogP contribution in [0.15, 0.2) is 24.4 Å². The van der Waals surface area contributed by atoms with Crippen molar-refractivity contribution >= 4 is 17.2 Å². The van der Waals surface area contributed by atoms with Gasteiger partial charge in [-0.25, -0.2) is 13.8 Å². The van der Waals surface area contributed by atoms with Gasteiger partial charge < -0.3 is 5.32 Å². The number of carbonyl (C=O) groups excluding carboxylic acids is 1. The molecule has 0 unspecified atom stereocenters. The Bertz CT molecular complexity index is 583. The van der Waals surface area contributed by atoms with Gasteiger partial charge in [-0.05, 0) is 25.1 Å². The number of benzene rings is 1. The average Bonchev–Trinajstić information content (AvgIpc) is 2.75. The third kappa shape index (κ3) is 2.89. The van der Waals surface area contributed by atoms with Gasteiger partial charge in [0.1, 0.15) is 5.01 Å². The van der Waals surface area contributed by atoms with Crippen LogP contribution in [-0.4, -0.2) is 10.9 Å². The Balaban J connectivity index is 2.01. The van der Waals surface area contributed by atoms with Crippen molar-refractivity contribution in [2.75, 3.05) is 0 Å². The molecule has 0 atom stereocenters. The number of hydrogen-bond acceptors (Lipinski definition) is 3. The normalized spacial score (nSPS) is 10.4. The van der Waals surface area contributed by atoms with Crippen LogP contribution in [0.25, 0.3) is 0 Å². The fourth-order valence-corrected chi connectivity index (χ4v) is 2.11. The van der Waals surface area contributed by atoms with Gasteiger partial charge in [0, 0.05) is 16.6 Å². The third-order valence-electron chi connectivity index (χ3n) is 2.25. The number of nitrogens with zero attached hydrogens (tertiary/aromatic N) is 1. The summed E-state index contributed by atoms with van der Waals surface area (Å²) in [4.78, 5) is 16.8. The Morgan fingerprint density at radius 3 is 2.78 bits per heavy atom. The number of thiazole rings is 1. The summed E-state index contributed by atoms with van der Waals surface area (Å²) in [6, 6.07) is 3.04. The molecule has 0 fully saturated rings. The van der Waals surface area contributed by atoms with Crippen LogP contribution in [0.5, 0.6) is 0 Å². The van der Waals surface area contributed by atoms with Crippen LogP contribution in [0.3, 0.4) is 0 Å². The smallest absolute Gasteiger partial charge is 0.251 e. The molecule has 94 valence electrons. The minimum absolute atomic E-state index is 0.0854. The van der Waals surface area contributed by atoms with Crippen molar-refractivity contribution < 1.29 is 13.6 Å². The van der Waals surface area contributed by atoms with E-state index in [0.717, 1.165) is 22.0 Å². The summed E-state index contributed by atoms with van der Waals surface area (Å²) in [5.74, 6) is -2.46. The lowest BCUT2D eigenvalue weighted by Crippen LogP contribution is -2.22. The van der Waals surface area contributed by atoms with Crippen LogP contribution in [0.2, 0.25) is 0 Å². The molecule has 3 nitrogen and oxygen atoms in total. The van der Waals surface area contributed by atoms with E-state index in [9.17, 15) is 13.6 Å². The van der Waals surface area contributed by atoms with Gasteiger partial charge in [-0.1, -0.05) is 0 Å². The molecule has 1 heterocycles. The molecule has 0 radical (unpaired) electrons. The number of carbonyl (C=O) groups is 1. The second-order valence-electron chi connectivity index (χ2n) is 3.68. The summed E-state index contributed by atoms with van der Waals surface area (Å²) in [6.45, 7) is 2.19. The lowest BCUT2D eigenvalue weighted by Gasteiger charge is -2.03. The van der Waals surface area contributed by atoms with Crippen molar-refractivity contribution in [1.82, 2.24) is 10.3 Å². The van der Waals surface area contributed by atoms with E-state index < -0.39 is 17.5 Å². The Morgan fingerprint density at radius 1 is 1.39 bits per heavy atom. The minimum atomic E-state index is -1.03. The summed E-state index contributed by atoms with van der Waals surface area (Å²) >= 11 is 1.47. The Kier molecular flexibility index (Phi) is 3.66. The largest absolute Gasteiger partial charge is 0.346 e. The minimum Gasteiger partial charge on any atom is -0.346 e. The van der Waals surface area contributed by atoms with Gasteiger partial charge in [0.2, 0.25) is 0 Å². The van der Waals surface area contributed by atoms with Crippen molar-refractivity contribution in [3.8, 4) is 0 Å². The molecular formula is C12H10F2N2OS. The van der Waals surface area contributed by atoms with E-state index in [2.05, 4.69) is 10.3 Å². The highest BCUT2D eigenvalue weighted by atomic mass is 32.1. The molecule has 18 heavy (non-hydrogen) atoms. The van der Waals surface area contributed by atoms with Crippen molar-refractivity contribution in [3.63, 3.8) is 0 Å². The van der Waals surface area contributed by atoms with Crippen molar-refractivity contribution in [1.29, 1.82) is 0 Å². The van der Waals surface area contributed by atoms with Crippen LogP contribution in [0.1, 0.15) is 20.2 Å². The van der Waals surface area contributed by atoms with E-state index in [1.165, 1.54) is 17.4 Å². The first kappa shape index (κ1) is 12.6. The standard InChI is InChI=1S/C12H10F2N2OS/c1-7-5-15-11(18-7)6-16-12(17)8-2-3-9(13)10(14)4-8/h2-5H,6H2,1H3,(H,16,17). The summed E-state index contributed by atoms with van der Waals surface area (Å²) < 4.78 is 25.6. The average molecular weight is 268 g/mol. The topological polar surface area (TPSA) is 42.0 Å². The predicted molar refractivity (Wildman–Crippen MR) is 64.4 cm³/mol. The Morgan fingerprint density at radius 2 is 2.17 bits per heavy atom. The van der Waals surface area contributed by atoms with Crippen LogP contribution in [0.4, 0.5) is 8.78 Å². The highest BCUT2D eigenvalue weighted by molar-refractivity contribution is 7.11. The SMILES string of the molecule is Cc1cnc(CNC(=O)c2ccc(F)c(F)c2)s1. The number of nitrogens with one attached hydrogen (secondary N) is 1. The first-order valence-electron chi connectivity index (χ1n) is 5.21. The number of aromatic nitrogens is 1. The van der Waals surface area contributed by atoms with E-state index in [-0.39, 0.29) is 12.1 Å². The van der Waals surface area contributed by atoms with Crippen LogP contribution in [0, 0.1) is 18.6 Å². The zero-order valence-electron chi connectivity index (χ0n) is 9.54. The van der Waals surface area contributed by atoms with Crippen molar-refractivity contribution in [2.45, 2.75) is 13.5 Å². The van der Waals surface area contributed by atoms with Gasteiger partial charge in [0.25, 0.3) is 5.91 Å². The summed E-state index contributed by atoms with van der Waals surface area (Å²) in [5.41, 5.74) is 0.0854. The molecule has 0 aliphatic carbocycles. The van der Waals surface area contributed by atoms with E-state index >= 15 is 0 Å². The molecule has 2 aromatic rings. The first-order valence-corrected chi connectivity index (χ1v) is 6.02. The second-order valence-corrected chi connectivity index (χ2v) is 5.00. The van der Waals surface area contributed by atoms with Gasteiger partial charge in [-0.15, -0.1) is 11.3 Å². The van der Waals surface area contributed by atoms with Gasteiger partial charge in [0.15, 0.2) is 11.6 Å². The summed E-state index contributed by atoms with van der Waals surface area (Å²) in [7, 11) is 0. The second kappa shape index (κ2) is 5.22. The van der Waals surface area contributed by atoms with E-state index in [0.29, 0.717) is 0 Å². The van der Waals surface area contributed by atoms with Crippen LogP contribution < -0.4 is 5.32 Å². The third-order valence-corrected chi connectivity index (χ3v) is 3.16. The fourth-order valence-electron chi connectivity index (χ4n) is 1.38. The Hall–Kier alpha value is -1.82. The molecule has 1 amide bonds. The molecule has 1 N–H and O–H groups in total. The number of rotatable bonds is 3. The fraction of sp³-hybridized carbons (Fsp3) is 0.167. The molecule has 0 saturated heterocycles. The van der Waals surface area contributed by atoms with Gasteiger partial charge in [0.05, 0.1) is 6.54 Å². The molecule has 6 heteroatoms.